The maximum Gasteiger partial charge on any atom is 0.240 e. The summed E-state index contributed by atoms with van der Waals surface area (Å²) in [4.78, 5) is 12.3. The molecular formula is C14H21Cl2N5O. The molecule has 0 aliphatic carbocycles. The quantitative estimate of drug-likeness (QED) is 0.888. The topological polar surface area (TPSA) is 71.3 Å². The molecule has 1 fully saturated rings. The van der Waals surface area contributed by atoms with Gasteiger partial charge < -0.3 is 10.6 Å². The Hall–Kier alpha value is -1.37. The number of carbonyl (C=O) groups excluding carboxylic acids is 1. The number of hydrogen-bond donors (Lipinski definition) is 2. The third-order valence-corrected chi connectivity index (χ3v) is 3.91. The molecule has 0 spiro atoms. The van der Waals surface area contributed by atoms with Crippen molar-refractivity contribution in [2.75, 3.05) is 6.54 Å². The van der Waals surface area contributed by atoms with E-state index in [0.29, 0.717) is 6.54 Å². The van der Waals surface area contributed by atoms with Gasteiger partial charge in [-0.1, -0.05) is 6.07 Å². The van der Waals surface area contributed by atoms with Gasteiger partial charge in [0.05, 0.1) is 12.1 Å². The predicted octanol–water partition coefficient (Wildman–Crippen LogP) is 1.72. The molecule has 1 atom stereocenters. The molecule has 122 valence electrons. The van der Waals surface area contributed by atoms with Crippen LogP contribution in [-0.2, 0) is 11.3 Å². The van der Waals surface area contributed by atoms with Crippen LogP contribution in [0, 0.1) is 0 Å². The molecule has 2 aromatic rings. The summed E-state index contributed by atoms with van der Waals surface area (Å²) in [6, 6.07) is 5.73. The van der Waals surface area contributed by atoms with Gasteiger partial charge in [0.2, 0.25) is 5.91 Å². The number of carbonyl (C=O) groups is 1. The average molecular weight is 346 g/mol. The van der Waals surface area contributed by atoms with Crippen LogP contribution >= 0.6 is 24.8 Å². The number of nitrogens with one attached hydrogen (secondary N) is 2. The van der Waals surface area contributed by atoms with Gasteiger partial charge in [-0.2, -0.15) is 0 Å². The van der Waals surface area contributed by atoms with Crippen LogP contribution in [0.3, 0.4) is 0 Å². The van der Waals surface area contributed by atoms with Crippen molar-refractivity contribution in [1.29, 1.82) is 0 Å². The fraction of sp³-hybridized carbons (Fsp3) is 0.500. The van der Waals surface area contributed by atoms with E-state index in [1.807, 2.05) is 35.7 Å². The number of piperidine rings is 1. The fourth-order valence-corrected chi connectivity index (χ4v) is 2.62. The molecule has 6 nitrogen and oxygen atoms in total. The summed E-state index contributed by atoms with van der Waals surface area (Å²) in [6.45, 7) is 3.25. The molecule has 3 heterocycles. The highest BCUT2D eigenvalue weighted by Gasteiger charge is 2.34. The van der Waals surface area contributed by atoms with E-state index in [9.17, 15) is 4.79 Å². The second kappa shape index (κ2) is 7.76. The standard InChI is InChI=1S/C14H19N5O.2ClH/c1-14(7-3-4-8-16-14)13(20)15-10-12-18-17-11-6-2-5-9-19(11)12;;/h2,5-6,9,16H,3-4,7-8,10H2,1H3,(H,15,20);2*1H. The minimum atomic E-state index is -0.460. The Labute approximate surface area is 141 Å². The van der Waals surface area contributed by atoms with E-state index in [2.05, 4.69) is 20.8 Å². The molecule has 1 aliphatic heterocycles. The van der Waals surface area contributed by atoms with Crippen molar-refractivity contribution in [2.24, 2.45) is 0 Å². The lowest BCUT2D eigenvalue weighted by Crippen LogP contribution is -2.56. The summed E-state index contributed by atoms with van der Waals surface area (Å²) in [5.41, 5.74) is 0.331. The van der Waals surface area contributed by atoms with E-state index >= 15 is 0 Å². The van der Waals surface area contributed by atoms with Crippen molar-refractivity contribution in [2.45, 2.75) is 38.3 Å². The second-order valence-electron chi connectivity index (χ2n) is 5.44. The maximum absolute atomic E-state index is 12.3. The maximum atomic E-state index is 12.3. The molecule has 22 heavy (non-hydrogen) atoms. The summed E-state index contributed by atoms with van der Waals surface area (Å²) in [5.74, 6) is 0.776. The summed E-state index contributed by atoms with van der Waals surface area (Å²) in [7, 11) is 0. The van der Waals surface area contributed by atoms with Crippen LogP contribution in [-0.4, -0.2) is 32.6 Å². The van der Waals surface area contributed by atoms with Gasteiger partial charge in [0, 0.05) is 6.20 Å². The largest absolute Gasteiger partial charge is 0.347 e. The van der Waals surface area contributed by atoms with E-state index in [0.717, 1.165) is 37.3 Å². The number of pyridine rings is 1. The third-order valence-electron chi connectivity index (χ3n) is 3.91. The van der Waals surface area contributed by atoms with Crippen LogP contribution in [0.5, 0.6) is 0 Å². The van der Waals surface area contributed by atoms with Gasteiger partial charge in [-0.15, -0.1) is 35.0 Å². The first-order valence-electron chi connectivity index (χ1n) is 7.01. The number of amides is 1. The number of hydrogen-bond acceptors (Lipinski definition) is 4. The molecule has 0 saturated carbocycles. The predicted molar refractivity (Wildman–Crippen MR) is 89.6 cm³/mol. The van der Waals surface area contributed by atoms with Gasteiger partial charge in [-0.3, -0.25) is 9.20 Å². The Balaban J connectivity index is 0.00000121. The normalized spacial score (nSPS) is 20.8. The van der Waals surface area contributed by atoms with Gasteiger partial charge >= 0.3 is 0 Å². The van der Waals surface area contributed by atoms with Crippen LogP contribution in [0.25, 0.3) is 5.65 Å². The highest BCUT2D eigenvalue weighted by molar-refractivity contribution is 5.86. The second-order valence-corrected chi connectivity index (χ2v) is 5.44. The smallest absolute Gasteiger partial charge is 0.240 e. The Morgan fingerprint density at radius 1 is 1.36 bits per heavy atom. The number of fused-ring (bicyclic) bond motifs is 1. The van der Waals surface area contributed by atoms with E-state index in [1.165, 1.54) is 0 Å². The van der Waals surface area contributed by atoms with E-state index in [1.54, 1.807) is 0 Å². The first kappa shape index (κ1) is 18.7. The zero-order chi connectivity index (χ0) is 14.0. The van der Waals surface area contributed by atoms with Crippen molar-refractivity contribution in [3.05, 3.63) is 30.2 Å². The molecule has 0 aromatic carbocycles. The van der Waals surface area contributed by atoms with Crippen molar-refractivity contribution in [1.82, 2.24) is 25.2 Å². The lowest BCUT2D eigenvalue weighted by molar-refractivity contribution is -0.128. The zero-order valence-electron chi connectivity index (χ0n) is 12.4. The summed E-state index contributed by atoms with van der Waals surface area (Å²) in [5, 5.41) is 14.5. The molecular weight excluding hydrogens is 325 g/mol. The number of rotatable bonds is 3. The van der Waals surface area contributed by atoms with Crippen molar-refractivity contribution in [3.63, 3.8) is 0 Å². The first-order chi connectivity index (χ1) is 9.69. The van der Waals surface area contributed by atoms with Crippen LogP contribution in [0.1, 0.15) is 32.0 Å². The van der Waals surface area contributed by atoms with Crippen LogP contribution in [0.4, 0.5) is 0 Å². The molecule has 1 unspecified atom stereocenters. The molecule has 1 aliphatic rings. The minimum absolute atomic E-state index is 0. The number of aromatic nitrogens is 3. The van der Waals surface area contributed by atoms with E-state index < -0.39 is 5.54 Å². The van der Waals surface area contributed by atoms with Crippen molar-refractivity contribution in [3.8, 4) is 0 Å². The number of halogens is 2. The van der Waals surface area contributed by atoms with Gasteiger partial charge in [0.15, 0.2) is 11.5 Å². The lowest BCUT2D eigenvalue weighted by Gasteiger charge is -2.33. The van der Waals surface area contributed by atoms with Gasteiger partial charge in [-0.05, 0) is 44.9 Å². The molecule has 1 saturated heterocycles. The van der Waals surface area contributed by atoms with E-state index in [-0.39, 0.29) is 30.7 Å². The van der Waals surface area contributed by atoms with Crippen LogP contribution < -0.4 is 10.6 Å². The summed E-state index contributed by atoms with van der Waals surface area (Å²) < 4.78 is 1.89. The van der Waals surface area contributed by atoms with Crippen molar-refractivity contribution >= 4 is 36.4 Å². The summed E-state index contributed by atoms with van der Waals surface area (Å²) in [6.07, 6.45) is 5.00. The van der Waals surface area contributed by atoms with Crippen LogP contribution in [0.15, 0.2) is 24.4 Å². The highest BCUT2D eigenvalue weighted by atomic mass is 35.5. The van der Waals surface area contributed by atoms with Gasteiger partial charge in [0.25, 0.3) is 0 Å². The Kier molecular flexibility index (Phi) is 6.59. The van der Waals surface area contributed by atoms with Gasteiger partial charge in [0.1, 0.15) is 0 Å². The third kappa shape index (κ3) is 3.69. The molecule has 2 N–H and O–H groups in total. The van der Waals surface area contributed by atoms with E-state index in [4.69, 9.17) is 0 Å². The highest BCUT2D eigenvalue weighted by Crippen LogP contribution is 2.18. The van der Waals surface area contributed by atoms with Crippen molar-refractivity contribution < 1.29 is 4.79 Å². The molecule has 0 bridgehead atoms. The molecule has 2 aromatic heterocycles. The Bertz CT molecular complexity index is 624. The van der Waals surface area contributed by atoms with Crippen LogP contribution in [0.2, 0.25) is 0 Å². The first-order valence-corrected chi connectivity index (χ1v) is 7.01. The molecule has 3 rings (SSSR count). The SMILES string of the molecule is CC1(C(=O)NCc2nnc3ccccn23)CCCCN1.Cl.Cl. The molecule has 8 heteroatoms. The minimum Gasteiger partial charge on any atom is -0.347 e. The molecule has 1 amide bonds. The fourth-order valence-electron chi connectivity index (χ4n) is 2.62. The molecule has 0 radical (unpaired) electrons. The summed E-state index contributed by atoms with van der Waals surface area (Å²) >= 11 is 0. The Morgan fingerprint density at radius 2 is 2.18 bits per heavy atom. The zero-order valence-corrected chi connectivity index (χ0v) is 14.0. The number of nitrogens with zero attached hydrogens (tertiary/aromatic N) is 3. The Morgan fingerprint density at radius 3 is 2.91 bits per heavy atom. The average Bonchev–Trinajstić information content (AvgIpc) is 2.89. The monoisotopic (exact) mass is 345 g/mol. The van der Waals surface area contributed by atoms with Gasteiger partial charge in [-0.25, -0.2) is 0 Å². The lowest BCUT2D eigenvalue weighted by atomic mass is 9.90.